The second-order valence-corrected chi connectivity index (χ2v) is 9.27. The van der Waals surface area contributed by atoms with Gasteiger partial charge in [-0.25, -0.2) is 18.2 Å². The minimum Gasteiger partial charge on any atom is -0.454 e. The van der Waals surface area contributed by atoms with Crippen molar-refractivity contribution in [3.63, 3.8) is 0 Å². The number of sulfonamides is 1. The molecule has 4 rings (SSSR count). The number of benzene rings is 2. The lowest BCUT2D eigenvalue weighted by Crippen LogP contribution is -2.28. The van der Waals surface area contributed by atoms with E-state index >= 15 is 0 Å². The Morgan fingerprint density at radius 3 is 2.58 bits per heavy atom. The van der Waals surface area contributed by atoms with Crippen LogP contribution in [0.5, 0.6) is 0 Å². The van der Waals surface area contributed by atoms with Gasteiger partial charge >= 0.3 is 12.5 Å². The number of nitrogens with zero attached hydrogens (tertiary/aromatic N) is 3. The van der Waals surface area contributed by atoms with Crippen LogP contribution in [-0.4, -0.2) is 41.3 Å². The number of carbonyl (C=O) groups is 1. The van der Waals surface area contributed by atoms with Crippen molar-refractivity contribution in [2.45, 2.75) is 37.8 Å². The second-order valence-electron chi connectivity index (χ2n) is 7.33. The highest BCUT2D eigenvalue weighted by molar-refractivity contribution is 7.89. The van der Waals surface area contributed by atoms with E-state index < -0.39 is 29.1 Å². The van der Waals surface area contributed by atoms with Crippen LogP contribution in [-0.2, 0) is 21.4 Å². The summed E-state index contributed by atoms with van der Waals surface area (Å²) in [7, 11) is -3.70. The van der Waals surface area contributed by atoms with Crippen LogP contribution in [0.25, 0.3) is 11.0 Å². The molecule has 1 fully saturated rings. The van der Waals surface area contributed by atoms with E-state index in [4.69, 9.17) is 4.74 Å². The number of rotatable bonds is 6. The summed E-state index contributed by atoms with van der Waals surface area (Å²) in [5.41, 5.74) is 1.19. The number of aryl methyl sites for hydroxylation is 1. The number of ether oxygens (including phenoxy) is 1. The SMILES string of the molecule is Cc1ccc(S(=O)(=O)N2CCCC2)cc1C(=O)OCc1nc2ccccc2n1C(F)F. The predicted molar refractivity (Wildman–Crippen MR) is 109 cm³/mol. The Morgan fingerprint density at radius 2 is 1.87 bits per heavy atom. The number of aromatic nitrogens is 2. The lowest BCUT2D eigenvalue weighted by Gasteiger charge is -2.16. The van der Waals surface area contributed by atoms with Gasteiger partial charge in [-0.15, -0.1) is 0 Å². The van der Waals surface area contributed by atoms with Crippen molar-refractivity contribution in [2.75, 3.05) is 13.1 Å². The minimum absolute atomic E-state index is 0.00627. The van der Waals surface area contributed by atoms with E-state index in [1.807, 2.05) is 0 Å². The van der Waals surface area contributed by atoms with Crippen LogP contribution in [0.4, 0.5) is 8.78 Å². The maximum absolute atomic E-state index is 13.5. The molecule has 0 radical (unpaired) electrons. The van der Waals surface area contributed by atoms with Crippen LogP contribution < -0.4 is 0 Å². The zero-order chi connectivity index (χ0) is 22.2. The molecule has 0 amide bonds. The molecule has 0 spiro atoms. The first-order valence-electron chi connectivity index (χ1n) is 9.81. The van der Waals surface area contributed by atoms with Gasteiger partial charge in [0.25, 0.3) is 0 Å². The average Bonchev–Trinajstić information content (AvgIpc) is 3.40. The number of alkyl halides is 2. The molecule has 1 aliphatic rings. The number of hydrogen-bond donors (Lipinski definition) is 0. The smallest absolute Gasteiger partial charge is 0.338 e. The Hall–Kier alpha value is -2.85. The highest BCUT2D eigenvalue weighted by atomic mass is 32.2. The van der Waals surface area contributed by atoms with E-state index in [-0.39, 0.29) is 21.8 Å². The molecule has 164 valence electrons. The third-order valence-electron chi connectivity index (χ3n) is 5.33. The molecular weight excluding hydrogens is 428 g/mol. The van der Waals surface area contributed by atoms with Crippen LogP contribution >= 0.6 is 0 Å². The maximum atomic E-state index is 13.5. The van der Waals surface area contributed by atoms with Crippen LogP contribution in [0.1, 0.15) is 41.1 Å². The Morgan fingerprint density at radius 1 is 1.16 bits per heavy atom. The normalized spacial score (nSPS) is 15.1. The third-order valence-corrected chi connectivity index (χ3v) is 7.22. The van der Waals surface area contributed by atoms with Gasteiger partial charge < -0.3 is 4.74 Å². The van der Waals surface area contributed by atoms with Crippen LogP contribution in [0, 0.1) is 6.92 Å². The molecule has 1 saturated heterocycles. The van der Waals surface area contributed by atoms with Crippen molar-refractivity contribution >= 4 is 27.0 Å². The summed E-state index contributed by atoms with van der Waals surface area (Å²) in [6.45, 7) is -0.783. The molecule has 10 heteroatoms. The van der Waals surface area contributed by atoms with E-state index in [9.17, 15) is 22.0 Å². The fourth-order valence-electron chi connectivity index (χ4n) is 3.68. The molecule has 3 aromatic rings. The summed E-state index contributed by atoms with van der Waals surface area (Å²) in [5.74, 6) is -0.896. The van der Waals surface area contributed by atoms with Crippen molar-refractivity contribution in [1.82, 2.24) is 13.9 Å². The minimum atomic E-state index is -3.70. The summed E-state index contributed by atoms with van der Waals surface area (Å²) >= 11 is 0. The lowest BCUT2D eigenvalue weighted by atomic mass is 10.1. The molecule has 1 aliphatic heterocycles. The second kappa shape index (κ2) is 8.35. The van der Waals surface area contributed by atoms with Gasteiger partial charge in [0.05, 0.1) is 21.5 Å². The van der Waals surface area contributed by atoms with E-state index in [1.165, 1.54) is 28.6 Å². The zero-order valence-electron chi connectivity index (χ0n) is 16.8. The fourth-order valence-corrected chi connectivity index (χ4v) is 5.22. The molecule has 7 nitrogen and oxygen atoms in total. The molecule has 31 heavy (non-hydrogen) atoms. The maximum Gasteiger partial charge on any atom is 0.338 e. The molecule has 0 atom stereocenters. The monoisotopic (exact) mass is 449 g/mol. The molecule has 0 unspecified atom stereocenters. The molecule has 0 aliphatic carbocycles. The number of halogens is 2. The van der Waals surface area contributed by atoms with Gasteiger partial charge in [0.1, 0.15) is 6.61 Å². The summed E-state index contributed by atoms with van der Waals surface area (Å²) < 4.78 is 60.0. The molecule has 1 aromatic heterocycles. The van der Waals surface area contributed by atoms with E-state index in [0.717, 1.165) is 12.8 Å². The average molecular weight is 449 g/mol. The first kappa shape index (κ1) is 21.4. The Kier molecular flexibility index (Phi) is 5.76. The summed E-state index contributed by atoms with van der Waals surface area (Å²) in [5, 5.41) is 0. The summed E-state index contributed by atoms with van der Waals surface area (Å²) in [6, 6.07) is 10.7. The topological polar surface area (TPSA) is 81.5 Å². The van der Waals surface area contributed by atoms with Crippen molar-refractivity contribution in [3.8, 4) is 0 Å². The summed E-state index contributed by atoms with van der Waals surface area (Å²) in [6.07, 6.45) is 1.59. The van der Waals surface area contributed by atoms with Crippen molar-refractivity contribution in [3.05, 3.63) is 59.4 Å². The summed E-state index contributed by atoms with van der Waals surface area (Å²) in [4.78, 5) is 16.8. The quantitative estimate of drug-likeness (QED) is 0.534. The van der Waals surface area contributed by atoms with Crippen LogP contribution in [0.2, 0.25) is 0 Å². The number of fused-ring (bicyclic) bond motifs is 1. The largest absolute Gasteiger partial charge is 0.454 e. The molecule has 2 heterocycles. The highest BCUT2D eigenvalue weighted by Crippen LogP contribution is 2.25. The predicted octanol–water partition coefficient (Wildman–Crippen LogP) is 3.88. The molecule has 0 bridgehead atoms. The number of esters is 1. The first-order chi connectivity index (χ1) is 14.8. The molecule has 0 saturated carbocycles. The van der Waals surface area contributed by atoms with Crippen LogP contribution in [0.3, 0.4) is 0 Å². The third kappa shape index (κ3) is 4.05. The first-order valence-corrected chi connectivity index (χ1v) is 11.2. The lowest BCUT2D eigenvalue weighted by molar-refractivity contribution is 0.0386. The van der Waals surface area contributed by atoms with Crippen molar-refractivity contribution in [2.24, 2.45) is 0 Å². The van der Waals surface area contributed by atoms with Gasteiger partial charge in [0.2, 0.25) is 10.0 Å². The van der Waals surface area contributed by atoms with E-state index in [1.54, 1.807) is 25.1 Å². The number of imidazole rings is 1. The van der Waals surface area contributed by atoms with E-state index in [0.29, 0.717) is 28.7 Å². The zero-order valence-corrected chi connectivity index (χ0v) is 17.6. The highest BCUT2D eigenvalue weighted by Gasteiger charge is 2.28. The number of carbonyl (C=O) groups excluding carboxylic acids is 1. The number of para-hydroxylation sites is 2. The fraction of sp³-hybridized carbons (Fsp3) is 0.333. The van der Waals surface area contributed by atoms with Gasteiger partial charge in [0.15, 0.2) is 5.82 Å². The van der Waals surface area contributed by atoms with E-state index in [2.05, 4.69) is 4.98 Å². The molecular formula is C21H21F2N3O4S. The standard InChI is InChI=1S/C21H21F2N3O4S/c1-14-8-9-15(31(28,29)25-10-4-5-11-25)12-16(14)20(27)30-13-19-24-17-6-2-3-7-18(17)26(19)21(22)23/h2-3,6-9,12,21H,4-5,10-11,13H2,1H3. The Labute approximate surface area is 178 Å². The van der Waals surface area contributed by atoms with Gasteiger partial charge in [-0.1, -0.05) is 18.2 Å². The molecule has 2 aromatic carbocycles. The number of hydrogen-bond acceptors (Lipinski definition) is 5. The van der Waals surface area contributed by atoms with Gasteiger partial charge in [0, 0.05) is 13.1 Å². The van der Waals surface area contributed by atoms with Crippen LogP contribution in [0.15, 0.2) is 47.4 Å². The van der Waals surface area contributed by atoms with Crippen molar-refractivity contribution in [1.29, 1.82) is 0 Å². The van der Waals surface area contributed by atoms with Gasteiger partial charge in [-0.2, -0.15) is 13.1 Å². The van der Waals surface area contributed by atoms with Crippen molar-refractivity contribution < 1.29 is 26.7 Å². The van der Waals surface area contributed by atoms with Gasteiger partial charge in [-0.3, -0.25) is 4.57 Å². The van der Waals surface area contributed by atoms with Gasteiger partial charge in [-0.05, 0) is 49.6 Å². The molecule has 0 N–H and O–H groups in total. The Balaban J connectivity index is 1.58. The Bertz CT molecular complexity index is 1230.